The third-order valence-corrected chi connectivity index (χ3v) is 5.13. The van der Waals surface area contributed by atoms with Gasteiger partial charge in [-0.1, -0.05) is 38.5 Å². The Morgan fingerprint density at radius 3 is 2.90 bits per heavy atom. The van der Waals surface area contributed by atoms with Crippen molar-refractivity contribution in [2.75, 3.05) is 0 Å². The predicted octanol–water partition coefficient (Wildman–Crippen LogP) is 3.69. The molecular weight excluding hydrogens is 260 g/mol. The van der Waals surface area contributed by atoms with Crippen LogP contribution in [0.4, 0.5) is 0 Å². The molecule has 0 saturated heterocycles. The average molecular weight is 286 g/mol. The van der Waals surface area contributed by atoms with E-state index in [1.54, 1.807) is 0 Å². The SMILES string of the molecule is CC(C)C1CCCC(O)(Cc2nn(C)c3ccccc23)C1. The topological polar surface area (TPSA) is 38.1 Å². The van der Waals surface area contributed by atoms with Crippen LogP contribution >= 0.6 is 0 Å². The van der Waals surface area contributed by atoms with Gasteiger partial charge in [0.25, 0.3) is 0 Å². The quantitative estimate of drug-likeness (QED) is 0.934. The van der Waals surface area contributed by atoms with Gasteiger partial charge in [-0.05, 0) is 37.2 Å². The monoisotopic (exact) mass is 286 g/mol. The summed E-state index contributed by atoms with van der Waals surface area (Å²) in [6.07, 6.45) is 4.88. The third-order valence-electron chi connectivity index (χ3n) is 5.13. The van der Waals surface area contributed by atoms with Crippen LogP contribution in [0.15, 0.2) is 24.3 Å². The Labute approximate surface area is 127 Å². The highest BCUT2D eigenvalue weighted by Crippen LogP contribution is 2.38. The first-order chi connectivity index (χ1) is 9.98. The minimum Gasteiger partial charge on any atom is -0.389 e. The normalized spacial score (nSPS) is 26.6. The van der Waals surface area contributed by atoms with Crippen LogP contribution in [0.2, 0.25) is 0 Å². The summed E-state index contributed by atoms with van der Waals surface area (Å²) >= 11 is 0. The molecular formula is C18H26N2O. The fraction of sp³-hybridized carbons (Fsp3) is 0.611. The Bertz CT molecular complexity index is 631. The maximum absolute atomic E-state index is 11.1. The smallest absolute Gasteiger partial charge is 0.0731 e. The first-order valence-corrected chi connectivity index (χ1v) is 8.11. The van der Waals surface area contributed by atoms with E-state index in [4.69, 9.17) is 0 Å². The molecule has 2 aromatic rings. The fourth-order valence-electron chi connectivity index (χ4n) is 3.85. The van der Waals surface area contributed by atoms with Crippen LogP contribution in [0.3, 0.4) is 0 Å². The molecule has 1 fully saturated rings. The molecule has 3 rings (SSSR count). The van der Waals surface area contributed by atoms with Gasteiger partial charge in [0.2, 0.25) is 0 Å². The van der Waals surface area contributed by atoms with Crippen LogP contribution in [0, 0.1) is 11.8 Å². The second-order valence-electron chi connectivity index (χ2n) is 7.09. The van der Waals surface area contributed by atoms with Crippen molar-refractivity contribution in [2.45, 2.75) is 51.6 Å². The van der Waals surface area contributed by atoms with E-state index in [-0.39, 0.29) is 0 Å². The van der Waals surface area contributed by atoms with E-state index in [0.717, 1.165) is 30.5 Å². The zero-order valence-corrected chi connectivity index (χ0v) is 13.3. The van der Waals surface area contributed by atoms with Gasteiger partial charge in [-0.15, -0.1) is 0 Å². The first-order valence-electron chi connectivity index (χ1n) is 8.11. The number of rotatable bonds is 3. The molecule has 2 unspecified atom stereocenters. The van der Waals surface area contributed by atoms with Crippen LogP contribution < -0.4 is 0 Å². The molecule has 1 saturated carbocycles. The molecule has 1 aromatic heterocycles. The molecule has 0 spiro atoms. The second kappa shape index (κ2) is 5.45. The van der Waals surface area contributed by atoms with Gasteiger partial charge in [0.15, 0.2) is 0 Å². The van der Waals surface area contributed by atoms with Crippen LogP contribution in [0.25, 0.3) is 10.9 Å². The Morgan fingerprint density at radius 2 is 2.14 bits per heavy atom. The summed E-state index contributed by atoms with van der Waals surface area (Å²) in [6.45, 7) is 4.54. The summed E-state index contributed by atoms with van der Waals surface area (Å²) < 4.78 is 1.93. The van der Waals surface area contributed by atoms with Crippen LogP contribution in [0.5, 0.6) is 0 Å². The van der Waals surface area contributed by atoms with Crippen molar-refractivity contribution in [1.82, 2.24) is 9.78 Å². The molecule has 0 radical (unpaired) electrons. The van der Waals surface area contributed by atoms with Crippen LogP contribution in [0.1, 0.15) is 45.2 Å². The number of aromatic nitrogens is 2. The van der Waals surface area contributed by atoms with Crippen LogP contribution in [-0.2, 0) is 13.5 Å². The molecule has 114 valence electrons. The van der Waals surface area contributed by atoms with Gasteiger partial charge < -0.3 is 5.11 Å². The molecule has 3 heteroatoms. The van der Waals surface area contributed by atoms with E-state index in [0.29, 0.717) is 18.3 Å². The molecule has 1 aliphatic carbocycles. The van der Waals surface area contributed by atoms with Crippen molar-refractivity contribution in [1.29, 1.82) is 0 Å². The van der Waals surface area contributed by atoms with E-state index in [2.05, 4.69) is 37.1 Å². The van der Waals surface area contributed by atoms with E-state index >= 15 is 0 Å². The zero-order chi connectivity index (χ0) is 15.0. The van der Waals surface area contributed by atoms with E-state index in [1.807, 2.05) is 17.8 Å². The van der Waals surface area contributed by atoms with Gasteiger partial charge in [0.1, 0.15) is 0 Å². The highest BCUT2D eigenvalue weighted by Gasteiger charge is 2.36. The minimum atomic E-state index is -0.579. The number of hydrogen-bond donors (Lipinski definition) is 1. The first kappa shape index (κ1) is 14.6. The van der Waals surface area contributed by atoms with Crippen molar-refractivity contribution >= 4 is 10.9 Å². The Balaban J connectivity index is 1.87. The molecule has 21 heavy (non-hydrogen) atoms. The summed E-state index contributed by atoms with van der Waals surface area (Å²) in [4.78, 5) is 0. The number of benzene rings is 1. The van der Waals surface area contributed by atoms with E-state index in [9.17, 15) is 5.11 Å². The van der Waals surface area contributed by atoms with Crippen molar-refractivity contribution in [3.63, 3.8) is 0 Å². The highest BCUT2D eigenvalue weighted by molar-refractivity contribution is 5.81. The standard InChI is InChI=1S/C18H26N2O/c1-13(2)14-7-6-10-18(21,11-14)12-16-15-8-4-5-9-17(15)20(3)19-16/h4-5,8-9,13-14,21H,6-7,10-12H2,1-3H3. The molecule has 1 heterocycles. The molecule has 0 bridgehead atoms. The Kier molecular flexibility index (Phi) is 3.78. The Morgan fingerprint density at radius 1 is 1.38 bits per heavy atom. The summed E-state index contributed by atoms with van der Waals surface area (Å²) in [6, 6.07) is 8.30. The molecule has 1 aromatic carbocycles. The summed E-state index contributed by atoms with van der Waals surface area (Å²) in [5.74, 6) is 1.29. The lowest BCUT2D eigenvalue weighted by Crippen LogP contribution is -2.39. The van der Waals surface area contributed by atoms with Gasteiger partial charge in [-0.25, -0.2) is 0 Å². The predicted molar refractivity (Wildman–Crippen MR) is 86.2 cm³/mol. The molecule has 0 aliphatic heterocycles. The third kappa shape index (κ3) is 2.84. The zero-order valence-electron chi connectivity index (χ0n) is 13.3. The summed E-state index contributed by atoms with van der Waals surface area (Å²) in [5, 5.41) is 16.9. The lowest BCUT2D eigenvalue weighted by atomic mass is 9.72. The molecule has 1 aliphatic rings. The number of fused-ring (bicyclic) bond motifs is 1. The van der Waals surface area contributed by atoms with Crippen molar-refractivity contribution in [3.8, 4) is 0 Å². The summed E-state index contributed by atoms with van der Waals surface area (Å²) in [7, 11) is 1.98. The number of hydrogen-bond acceptors (Lipinski definition) is 2. The van der Waals surface area contributed by atoms with E-state index in [1.165, 1.54) is 11.8 Å². The molecule has 2 atom stereocenters. The van der Waals surface area contributed by atoms with Gasteiger partial charge in [0, 0.05) is 18.9 Å². The largest absolute Gasteiger partial charge is 0.389 e. The molecule has 0 amide bonds. The fourth-order valence-corrected chi connectivity index (χ4v) is 3.85. The number of aryl methyl sites for hydroxylation is 1. The van der Waals surface area contributed by atoms with Gasteiger partial charge in [-0.3, -0.25) is 4.68 Å². The molecule has 1 N–H and O–H groups in total. The van der Waals surface area contributed by atoms with Crippen molar-refractivity contribution < 1.29 is 5.11 Å². The van der Waals surface area contributed by atoms with Gasteiger partial charge >= 0.3 is 0 Å². The summed E-state index contributed by atoms with van der Waals surface area (Å²) in [5.41, 5.74) is 1.61. The lowest BCUT2D eigenvalue weighted by molar-refractivity contribution is -0.0245. The molecule has 3 nitrogen and oxygen atoms in total. The number of para-hydroxylation sites is 1. The Hall–Kier alpha value is -1.35. The van der Waals surface area contributed by atoms with Crippen molar-refractivity contribution in [3.05, 3.63) is 30.0 Å². The van der Waals surface area contributed by atoms with Gasteiger partial charge in [-0.2, -0.15) is 5.10 Å². The van der Waals surface area contributed by atoms with Crippen molar-refractivity contribution in [2.24, 2.45) is 18.9 Å². The number of nitrogens with zero attached hydrogens (tertiary/aromatic N) is 2. The highest BCUT2D eigenvalue weighted by atomic mass is 16.3. The number of aliphatic hydroxyl groups is 1. The average Bonchev–Trinajstić information content (AvgIpc) is 2.75. The van der Waals surface area contributed by atoms with E-state index < -0.39 is 5.60 Å². The van der Waals surface area contributed by atoms with Crippen LogP contribution in [-0.4, -0.2) is 20.5 Å². The van der Waals surface area contributed by atoms with Gasteiger partial charge in [0.05, 0.1) is 16.8 Å². The maximum Gasteiger partial charge on any atom is 0.0731 e. The maximum atomic E-state index is 11.1. The minimum absolute atomic E-state index is 0.579. The second-order valence-corrected chi connectivity index (χ2v) is 7.09. The lowest BCUT2D eigenvalue weighted by Gasteiger charge is -2.38.